The minimum Gasteiger partial charge on any atom is -0.356 e. The van der Waals surface area contributed by atoms with Crippen LogP contribution in [-0.2, 0) is 4.79 Å². The number of hydrogen-bond donors (Lipinski definition) is 1. The van der Waals surface area contributed by atoms with Gasteiger partial charge in [0.2, 0.25) is 5.91 Å². The molecule has 1 N–H and O–H groups in total. The van der Waals surface area contributed by atoms with Crippen LogP contribution in [0.15, 0.2) is 18.2 Å². The third-order valence-electron chi connectivity index (χ3n) is 2.65. The Hall–Kier alpha value is -1.45. The summed E-state index contributed by atoms with van der Waals surface area (Å²) in [6, 6.07) is 3.51. The highest BCUT2D eigenvalue weighted by Gasteiger charge is 2.23. The van der Waals surface area contributed by atoms with Gasteiger partial charge in [-0.1, -0.05) is 6.07 Å². The van der Waals surface area contributed by atoms with E-state index in [2.05, 4.69) is 5.32 Å². The van der Waals surface area contributed by atoms with E-state index >= 15 is 0 Å². The minimum absolute atomic E-state index is 0.0741. The van der Waals surface area contributed by atoms with Crippen molar-refractivity contribution >= 4 is 5.91 Å². The highest BCUT2D eigenvalue weighted by Crippen LogP contribution is 2.27. The lowest BCUT2D eigenvalue weighted by Gasteiger charge is -2.22. The Labute approximate surface area is 86.3 Å². The van der Waals surface area contributed by atoms with E-state index in [-0.39, 0.29) is 18.2 Å². The van der Waals surface area contributed by atoms with Gasteiger partial charge >= 0.3 is 0 Å². The molecular formula is C11H11F2NO. The summed E-state index contributed by atoms with van der Waals surface area (Å²) >= 11 is 0. The highest BCUT2D eigenvalue weighted by atomic mass is 19.1. The number of carbonyl (C=O) groups is 1. The molecule has 80 valence electrons. The fourth-order valence-corrected chi connectivity index (χ4v) is 1.88. The van der Waals surface area contributed by atoms with Crippen molar-refractivity contribution in [1.82, 2.24) is 5.32 Å². The first-order chi connectivity index (χ1) is 7.16. The van der Waals surface area contributed by atoms with Gasteiger partial charge in [-0.05, 0) is 24.0 Å². The second kappa shape index (κ2) is 3.96. The maximum absolute atomic E-state index is 13.4. The van der Waals surface area contributed by atoms with Crippen LogP contribution in [0.4, 0.5) is 8.78 Å². The van der Waals surface area contributed by atoms with E-state index in [0.29, 0.717) is 18.5 Å². The average molecular weight is 211 g/mol. The summed E-state index contributed by atoms with van der Waals surface area (Å²) in [6.45, 7) is 0.556. The molecule has 0 radical (unpaired) electrons. The van der Waals surface area contributed by atoms with Crippen molar-refractivity contribution in [3.8, 4) is 0 Å². The minimum atomic E-state index is -0.587. The number of halogens is 2. The molecule has 0 saturated carbocycles. The first-order valence-electron chi connectivity index (χ1n) is 4.88. The number of carbonyl (C=O) groups excluding carboxylic acids is 1. The third-order valence-corrected chi connectivity index (χ3v) is 2.65. The topological polar surface area (TPSA) is 29.1 Å². The fraction of sp³-hybridized carbons (Fsp3) is 0.364. The third kappa shape index (κ3) is 2.14. The molecule has 0 spiro atoms. The molecule has 1 aromatic rings. The fourth-order valence-electron chi connectivity index (χ4n) is 1.88. The van der Waals surface area contributed by atoms with Gasteiger partial charge in [-0.2, -0.15) is 0 Å². The molecule has 1 aliphatic rings. The van der Waals surface area contributed by atoms with E-state index < -0.39 is 11.6 Å². The zero-order chi connectivity index (χ0) is 10.8. The number of rotatable bonds is 1. The van der Waals surface area contributed by atoms with Gasteiger partial charge < -0.3 is 5.32 Å². The number of hydrogen-bond acceptors (Lipinski definition) is 1. The summed E-state index contributed by atoms with van der Waals surface area (Å²) in [5, 5.41) is 2.68. The Morgan fingerprint density at radius 3 is 2.80 bits per heavy atom. The summed E-state index contributed by atoms with van der Waals surface area (Å²) in [5.41, 5.74) is 0.436. The second-order valence-corrected chi connectivity index (χ2v) is 3.71. The van der Waals surface area contributed by atoms with Gasteiger partial charge in [0.05, 0.1) is 0 Å². The smallest absolute Gasteiger partial charge is 0.220 e. The molecule has 1 aromatic carbocycles. The molecule has 0 bridgehead atoms. The molecule has 1 unspecified atom stereocenters. The Morgan fingerprint density at radius 1 is 1.33 bits per heavy atom. The van der Waals surface area contributed by atoms with Crippen molar-refractivity contribution in [2.45, 2.75) is 18.8 Å². The Kier molecular flexibility index (Phi) is 2.66. The number of nitrogens with one attached hydrogen (secondary N) is 1. The van der Waals surface area contributed by atoms with Crippen molar-refractivity contribution in [1.29, 1.82) is 0 Å². The van der Waals surface area contributed by atoms with Crippen LogP contribution in [0, 0.1) is 11.6 Å². The van der Waals surface area contributed by atoms with E-state index in [9.17, 15) is 13.6 Å². The normalized spacial score (nSPS) is 21.2. The maximum atomic E-state index is 13.4. The lowest BCUT2D eigenvalue weighted by molar-refractivity contribution is -0.122. The number of benzene rings is 1. The van der Waals surface area contributed by atoms with E-state index in [4.69, 9.17) is 0 Å². The van der Waals surface area contributed by atoms with Crippen molar-refractivity contribution in [3.63, 3.8) is 0 Å². The Balaban J connectivity index is 2.24. The van der Waals surface area contributed by atoms with Crippen LogP contribution < -0.4 is 5.32 Å². The number of piperidine rings is 1. The molecule has 1 fully saturated rings. The van der Waals surface area contributed by atoms with Gasteiger partial charge in [-0.15, -0.1) is 0 Å². The van der Waals surface area contributed by atoms with Gasteiger partial charge in [0.25, 0.3) is 0 Å². The lowest BCUT2D eigenvalue weighted by Crippen LogP contribution is -2.32. The molecule has 1 heterocycles. The molecule has 0 aliphatic carbocycles. The van der Waals surface area contributed by atoms with E-state index in [1.165, 1.54) is 12.1 Å². The van der Waals surface area contributed by atoms with Crippen molar-refractivity contribution in [3.05, 3.63) is 35.4 Å². The summed E-state index contributed by atoms with van der Waals surface area (Å²) in [4.78, 5) is 11.1. The first-order valence-corrected chi connectivity index (χ1v) is 4.88. The van der Waals surface area contributed by atoms with Crippen molar-refractivity contribution in [2.24, 2.45) is 0 Å². The average Bonchev–Trinajstić information content (AvgIpc) is 2.17. The van der Waals surface area contributed by atoms with Gasteiger partial charge in [-0.3, -0.25) is 4.79 Å². The van der Waals surface area contributed by atoms with E-state index in [0.717, 1.165) is 6.07 Å². The predicted molar refractivity (Wildman–Crippen MR) is 51.3 cm³/mol. The summed E-state index contributed by atoms with van der Waals surface area (Å²) in [5.74, 6) is -1.35. The summed E-state index contributed by atoms with van der Waals surface area (Å²) in [7, 11) is 0. The van der Waals surface area contributed by atoms with Crippen LogP contribution in [0.25, 0.3) is 0 Å². The molecule has 15 heavy (non-hydrogen) atoms. The Morgan fingerprint density at radius 2 is 2.13 bits per heavy atom. The van der Waals surface area contributed by atoms with Crippen molar-refractivity contribution < 1.29 is 13.6 Å². The maximum Gasteiger partial charge on any atom is 0.220 e. The zero-order valence-corrected chi connectivity index (χ0v) is 8.09. The van der Waals surface area contributed by atoms with E-state index in [1.807, 2.05) is 0 Å². The van der Waals surface area contributed by atoms with Crippen molar-refractivity contribution in [2.75, 3.05) is 6.54 Å². The SMILES string of the molecule is O=C1CC(c2ccc(F)cc2F)CCN1. The molecule has 0 aromatic heterocycles. The monoisotopic (exact) mass is 211 g/mol. The van der Waals surface area contributed by atoms with Crippen LogP contribution in [0.2, 0.25) is 0 Å². The molecule has 1 atom stereocenters. The Bertz CT molecular complexity index is 392. The number of amides is 1. The standard InChI is InChI=1S/C11H11F2NO/c12-8-1-2-9(10(13)6-8)7-3-4-14-11(15)5-7/h1-2,6-7H,3-5H2,(H,14,15). The molecule has 1 aliphatic heterocycles. The molecule has 2 rings (SSSR count). The quantitative estimate of drug-likeness (QED) is 0.755. The summed E-state index contributed by atoms with van der Waals surface area (Å²) in [6.07, 6.45) is 0.983. The van der Waals surface area contributed by atoms with Gasteiger partial charge in [0, 0.05) is 19.0 Å². The van der Waals surface area contributed by atoms with Crippen LogP contribution >= 0.6 is 0 Å². The molecule has 1 amide bonds. The van der Waals surface area contributed by atoms with Crippen LogP contribution in [0.3, 0.4) is 0 Å². The summed E-state index contributed by atoms with van der Waals surface area (Å²) < 4.78 is 26.1. The van der Waals surface area contributed by atoms with Crippen LogP contribution in [-0.4, -0.2) is 12.5 Å². The molecule has 2 nitrogen and oxygen atoms in total. The molecular weight excluding hydrogens is 200 g/mol. The molecule has 4 heteroatoms. The lowest BCUT2D eigenvalue weighted by atomic mass is 9.89. The molecule has 1 saturated heterocycles. The van der Waals surface area contributed by atoms with E-state index in [1.54, 1.807) is 0 Å². The largest absolute Gasteiger partial charge is 0.356 e. The zero-order valence-electron chi connectivity index (χ0n) is 8.09. The highest BCUT2D eigenvalue weighted by molar-refractivity contribution is 5.77. The van der Waals surface area contributed by atoms with Crippen LogP contribution in [0.1, 0.15) is 24.3 Å². The van der Waals surface area contributed by atoms with Crippen LogP contribution in [0.5, 0.6) is 0 Å². The van der Waals surface area contributed by atoms with Gasteiger partial charge in [-0.25, -0.2) is 8.78 Å². The van der Waals surface area contributed by atoms with Gasteiger partial charge in [0.1, 0.15) is 11.6 Å². The predicted octanol–water partition coefficient (Wildman–Crippen LogP) is 1.96. The second-order valence-electron chi connectivity index (χ2n) is 3.71. The first kappa shape index (κ1) is 10.1. The van der Waals surface area contributed by atoms with Gasteiger partial charge in [0.15, 0.2) is 0 Å².